The van der Waals surface area contributed by atoms with Crippen LogP contribution in [0.4, 0.5) is 0 Å². The maximum Gasteiger partial charge on any atom is 0.191 e. The summed E-state index contributed by atoms with van der Waals surface area (Å²) in [4.78, 5) is 4.56. The molecule has 104 valence electrons. The Kier molecular flexibility index (Phi) is 5.18. The molecule has 2 aliphatic rings. The average Bonchev–Trinajstić information content (AvgIpc) is 2.99. The van der Waals surface area contributed by atoms with Crippen LogP contribution in [0.15, 0.2) is 4.99 Å². The van der Waals surface area contributed by atoms with Crippen LogP contribution in [0.1, 0.15) is 39.0 Å². The van der Waals surface area contributed by atoms with Crippen molar-refractivity contribution in [3.8, 4) is 0 Å². The molecule has 0 radical (unpaired) electrons. The number of guanidine groups is 1. The zero-order chi connectivity index (χ0) is 12.8. The Balaban J connectivity index is 1.86. The molecular weight excluding hydrogens is 246 g/mol. The van der Waals surface area contributed by atoms with Crippen molar-refractivity contribution >= 4 is 17.7 Å². The van der Waals surface area contributed by atoms with Gasteiger partial charge in [0.05, 0.1) is 12.1 Å². The highest BCUT2D eigenvalue weighted by Gasteiger charge is 2.31. The standard InChI is InChI=1S/C13H25N3OS/c1-2-14-12(16-11-5-3-4-6-11)15-9-13(17)7-8-18-10-13/h11,17H,2-10H2,1H3,(H2,14,15,16). The minimum absolute atomic E-state index is 0.516. The Hall–Kier alpha value is -0.420. The molecule has 1 saturated heterocycles. The lowest BCUT2D eigenvalue weighted by atomic mass is 10.1. The third kappa shape index (κ3) is 4.05. The number of hydrogen-bond donors (Lipinski definition) is 3. The number of nitrogens with one attached hydrogen (secondary N) is 2. The summed E-state index contributed by atoms with van der Waals surface area (Å²) in [6, 6.07) is 0.565. The predicted molar refractivity (Wildman–Crippen MR) is 78.3 cm³/mol. The van der Waals surface area contributed by atoms with Crippen molar-refractivity contribution in [1.82, 2.24) is 10.6 Å². The molecule has 2 fully saturated rings. The molecule has 1 saturated carbocycles. The molecule has 0 amide bonds. The van der Waals surface area contributed by atoms with Gasteiger partial charge in [0.15, 0.2) is 5.96 Å². The van der Waals surface area contributed by atoms with Gasteiger partial charge in [0, 0.05) is 18.3 Å². The van der Waals surface area contributed by atoms with Crippen LogP contribution < -0.4 is 10.6 Å². The number of aliphatic hydroxyl groups is 1. The van der Waals surface area contributed by atoms with E-state index in [0.29, 0.717) is 12.6 Å². The van der Waals surface area contributed by atoms with Gasteiger partial charge in [-0.15, -0.1) is 0 Å². The summed E-state index contributed by atoms with van der Waals surface area (Å²) in [7, 11) is 0. The Morgan fingerprint density at radius 2 is 2.22 bits per heavy atom. The lowest BCUT2D eigenvalue weighted by Gasteiger charge is -2.21. The molecule has 1 aliphatic carbocycles. The minimum Gasteiger partial charge on any atom is -0.387 e. The minimum atomic E-state index is -0.581. The summed E-state index contributed by atoms with van der Waals surface area (Å²) >= 11 is 1.82. The van der Waals surface area contributed by atoms with Gasteiger partial charge in [-0.25, -0.2) is 0 Å². The summed E-state index contributed by atoms with van der Waals surface area (Å²) in [5, 5.41) is 17.0. The van der Waals surface area contributed by atoms with E-state index in [2.05, 4.69) is 22.5 Å². The monoisotopic (exact) mass is 271 g/mol. The summed E-state index contributed by atoms with van der Waals surface area (Å²) < 4.78 is 0. The van der Waals surface area contributed by atoms with Crippen LogP contribution in [0.2, 0.25) is 0 Å². The third-order valence-electron chi connectivity index (χ3n) is 3.65. The molecule has 0 spiro atoms. The zero-order valence-electron chi connectivity index (χ0n) is 11.2. The topological polar surface area (TPSA) is 56.7 Å². The van der Waals surface area contributed by atoms with E-state index < -0.39 is 5.60 Å². The van der Waals surface area contributed by atoms with Crippen LogP contribution in [-0.2, 0) is 0 Å². The molecule has 1 atom stereocenters. The van der Waals surface area contributed by atoms with Crippen molar-refractivity contribution in [3.63, 3.8) is 0 Å². The fraction of sp³-hybridized carbons (Fsp3) is 0.923. The van der Waals surface area contributed by atoms with Crippen molar-refractivity contribution in [1.29, 1.82) is 0 Å². The lowest BCUT2D eigenvalue weighted by Crippen LogP contribution is -2.44. The van der Waals surface area contributed by atoms with Crippen LogP contribution >= 0.6 is 11.8 Å². The van der Waals surface area contributed by atoms with E-state index in [-0.39, 0.29) is 0 Å². The smallest absolute Gasteiger partial charge is 0.191 e. The van der Waals surface area contributed by atoms with Gasteiger partial charge in [0.2, 0.25) is 0 Å². The molecule has 18 heavy (non-hydrogen) atoms. The second-order valence-corrected chi connectivity index (χ2v) is 6.45. The highest BCUT2D eigenvalue weighted by atomic mass is 32.2. The second-order valence-electron chi connectivity index (χ2n) is 5.35. The van der Waals surface area contributed by atoms with Gasteiger partial charge in [-0.1, -0.05) is 12.8 Å². The van der Waals surface area contributed by atoms with Crippen molar-refractivity contribution < 1.29 is 5.11 Å². The van der Waals surface area contributed by atoms with Crippen molar-refractivity contribution in [2.75, 3.05) is 24.6 Å². The summed E-state index contributed by atoms with van der Waals surface area (Å²) in [6.45, 7) is 3.46. The summed E-state index contributed by atoms with van der Waals surface area (Å²) in [5.74, 6) is 2.74. The van der Waals surface area contributed by atoms with E-state index in [0.717, 1.165) is 30.4 Å². The highest BCUT2D eigenvalue weighted by Crippen LogP contribution is 2.27. The van der Waals surface area contributed by atoms with E-state index in [9.17, 15) is 5.11 Å². The first kappa shape index (κ1) is 14.0. The maximum atomic E-state index is 10.3. The van der Waals surface area contributed by atoms with E-state index in [1.807, 2.05) is 11.8 Å². The highest BCUT2D eigenvalue weighted by molar-refractivity contribution is 7.99. The SMILES string of the molecule is CCNC(=NCC1(O)CCSC1)NC1CCCC1. The quantitative estimate of drug-likeness (QED) is 0.534. The van der Waals surface area contributed by atoms with Gasteiger partial charge >= 0.3 is 0 Å². The van der Waals surface area contributed by atoms with Gasteiger partial charge in [-0.2, -0.15) is 11.8 Å². The van der Waals surface area contributed by atoms with Gasteiger partial charge in [-0.3, -0.25) is 4.99 Å². The maximum absolute atomic E-state index is 10.3. The number of aliphatic imine (C=N–C) groups is 1. The molecule has 1 heterocycles. The van der Waals surface area contributed by atoms with Crippen molar-refractivity contribution in [2.24, 2.45) is 4.99 Å². The molecule has 0 aromatic carbocycles. The molecule has 1 unspecified atom stereocenters. The molecule has 0 aromatic rings. The molecule has 0 bridgehead atoms. The fourth-order valence-corrected chi connectivity index (χ4v) is 3.82. The lowest BCUT2D eigenvalue weighted by molar-refractivity contribution is 0.0778. The number of hydrogen-bond acceptors (Lipinski definition) is 3. The third-order valence-corrected chi connectivity index (χ3v) is 4.89. The van der Waals surface area contributed by atoms with Crippen LogP contribution in [0.5, 0.6) is 0 Å². The van der Waals surface area contributed by atoms with Gasteiger partial charge < -0.3 is 15.7 Å². The summed E-state index contributed by atoms with van der Waals surface area (Å²) in [6.07, 6.45) is 5.98. The Labute approximate surface area is 114 Å². The molecule has 5 heteroatoms. The van der Waals surface area contributed by atoms with Crippen molar-refractivity contribution in [3.05, 3.63) is 0 Å². The number of rotatable bonds is 4. The van der Waals surface area contributed by atoms with E-state index in [1.54, 1.807) is 0 Å². The molecule has 3 N–H and O–H groups in total. The average molecular weight is 271 g/mol. The Bertz CT molecular complexity index is 284. The van der Waals surface area contributed by atoms with E-state index >= 15 is 0 Å². The first-order valence-corrected chi connectivity index (χ1v) is 8.22. The van der Waals surface area contributed by atoms with Gasteiger partial charge in [0.1, 0.15) is 0 Å². The molecule has 4 nitrogen and oxygen atoms in total. The first-order chi connectivity index (χ1) is 8.72. The molecule has 2 rings (SSSR count). The zero-order valence-corrected chi connectivity index (χ0v) is 12.1. The molecular formula is C13H25N3OS. The van der Waals surface area contributed by atoms with Crippen LogP contribution in [0, 0.1) is 0 Å². The summed E-state index contributed by atoms with van der Waals surface area (Å²) in [5.41, 5.74) is -0.581. The van der Waals surface area contributed by atoms with Gasteiger partial charge in [-0.05, 0) is 31.9 Å². The van der Waals surface area contributed by atoms with E-state index in [1.165, 1.54) is 25.7 Å². The fourth-order valence-electron chi connectivity index (χ4n) is 2.53. The second kappa shape index (κ2) is 6.66. The van der Waals surface area contributed by atoms with Crippen LogP contribution in [0.25, 0.3) is 0 Å². The predicted octanol–water partition coefficient (Wildman–Crippen LogP) is 1.35. The normalized spacial score (nSPS) is 29.8. The van der Waals surface area contributed by atoms with Gasteiger partial charge in [0.25, 0.3) is 0 Å². The molecule has 0 aromatic heterocycles. The first-order valence-electron chi connectivity index (χ1n) is 7.07. The Morgan fingerprint density at radius 1 is 1.44 bits per heavy atom. The van der Waals surface area contributed by atoms with Crippen LogP contribution in [0.3, 0.4) is 0 Å². The molecule has 1 aliphatic heterocycles. The van der Waals surface area contributed by atoms with E-state index in [4.69, 9.17) is 0 Å². The Morgan fingerprint density at radius 3 is 2.83 bits per heavy atom. The number of thioether (sulfide) groups is 1. The van der Waals surface area contributed by atoms with Crippen LogP contribution in [-0.4, -0.2) is 47.3 Å². The number of nitrogens with zero attached hydrogens (tertiary/aromatic N) is 1. The largest absolute Gasteiger partial charge is 0.387 e. The van der Waals surface area contributed by atoms with Crippen molar-refractivity contribution in [2.45, 2.75) is 50.7 Å².